The van der Waals surface area contributed by atoms with E-state index in [1.54, 1.807) is 23.1 Å². The number of fused-ring (bicyclic) bond motifs is 1. The van der Waals surface area contributed by atoms with Gasteiger partial charge in [-0.25, -0.2) is 4.98 Å². The predicted octanol–water partition coefficient (Wildman–Crippen LogP) is 1.95. The van der Waals surface area contributed by atoms with Gasteiger partial charge in [0.25, 0.3) is 0 Å². The van der Waals surface area contributed by atoms with Crippen LogP contribution in [0.4, 0.5) is 0 Å². The van der Waals surface area contributed by atoms with Crippen LogP contribution in [0.25, 0.3) is 5.65 Å². The lowest BCUT2D eigenvalue weighted by Gasteiger charge is -2.19. The molecule has 0 fully saturated rings. The van der Waals surface area contributed by atoms with Gasteiger partial charge >= 0.3 is 5.97 Å². The van der Waals surface area contributed by atoms with Crippen molar-refractivity contribution in [3.63, 3.8) is 0 Å². The van der Waals surface area contributed by atoms with Gasteiger partial charge in [-0.15, -0.1) is 22.0 Å². The Morgan fingerprint density at radius 2 is 2.26 bits per heavy atom. The van der Waals surface area contributed by atoms with Crippen LogP contribution in [0.1, 0.15) is 27.2 Å². The first-order chi connectivity index (χ1) is 8.96. The van der Waals surface area contributed by atoms with E-state index >= 15 is 0 Å². The van der Waals surface area contributed by atoms with Gasteiger partial charge in [-0.2, -0.15) is 0 Å². The van der Waals surface area contributed by atoms with Crippen molar-refractivity contribution >= 4 is 23.4 Å². The normalized spacial score (nSPS) is 11.7. The molecular formula is C12H16N4O2S. The van der Waals surface area contributed by atoms with Crippen molar-refractivity contribution in [2.75, 3.05) is 5.75 Å². The highest BCUT2D eigenvalue weighted by atomic mass is 32.2. The molecule has 0 unspecified atom stereocenters. The van der Waals surface area contributed by atoms with Crippen LogP contribution in [0.15, 0.2) is 23.7 Å². The number of thioether (sulfide) groups is 1. The van der Waals surface area contributed by atoms with E-state index < -0.39 is 5.60 Å². The fourth-order valence-electron chi connectivity index (χ4n) is 1.46. The first-order valence-electron chi connectivity index (χ1n) is 5.95. The molecule has 0 atom stereocenters. The molecule has 2 heterocycles. The summed E-state index contributed by atoms with van der Waals surface area (Å²) in [7, 11) is 0. The average molecular weight is 280 g/mol. The Balaban J connectivity index is 1.89. The summed E-state index contributed by atoms with van der Waals surface area (Å²) >= 11 is 1.47. The molecule has 0 saturated heterocycles. The minimum absolute atomic E-state index is 0.201. The highest BCUT2D eigenvalue weighted by Gasteiger charge is 2.16. The van der Waals surface area contributed by atoms with Crippen LogP contribution in [0.5, 0.6) is 0 Å². The molecule has 0 aliphatic rings. The molecule has 0 radical (unpaired) electrons. The zero-order chi connectivity index (χ0) is 13.9. The number of nitrogens with zero attached hydrogens (tertiary/aromatic N) is 4. The van der Waals surface area contributed by atoms with Crippen molar-refractivity contribution in [3.8, 4) is 0 Å². The van der Waals surface area contributed by atoms with E-state index in [0.29, 0.717) is 17.8 Å². The fraction of sp³-hybridized carbons (Fsp3) is 0.500. The monoisotopic (exact) mass is 280 g/mol. The van der Waals surface area contributed by atoms with Gasteiger partial charge in [-0.3, -0.25) is 9.20 Å². The van der Waals surface area contributed by atoms with Gasteiger partial charge in [0.2, 0.25) is 0 Å². The van der Waals surface area contributed by atoms with Crippen LogP contribution in [0, 0.1) is 0 Å². The topological polar surface area (TPSA) is 69.4 Å². The molecule has 2 rings (SSSR count). The molecule has 0 spiro atoms. The minimum atomic E-state index is -0.437. The van der Waals surface area contributed by atoms with Crippen molar-refractivity contribution in [1.29, 1.82) is 0 Å². The van der Waals surface area contributed by atoms with Crippen LogP contribution in [-0.4, -0.2) is 36.9 Å². The Labute approximate surface area is 115 Å². The summed E-state index contributed by atoms with van der Waals surface area (Å²) in [5, 5.41) is 8.58. The Morgan fingerprint density at radius 3 is 3.00 bits per heavy atom. The zero-order valence-electron chi connectivity index (χ0n) is 11.2. The van der Waals surface area contributed by atoms with Crippen molar-refractivity contribution in [1.82, 2.24) is 19.6 Å². The maximum absolute atomic E-state index is 11.6. The van der Waals surface area contributed by atoms with Gasteiger partial charge in [0.1, 0.15) is 17.0 Å². The lowest BCUT2D eigenvalue weighted by Crippen LogP contribution is -2.24. The molecule has 0 amide bonds. The van der Waals surface area contributed by atoms with E-state index in [-0.39, 0.29) is 5.97 Å². The van der Waals surface area contributed by atoms with Gasteiger partial charge in [0.15, 0.2) is 5.65 Å². The summed E-state index contributed by atoms with van der Waals surface area (Å²) in [5.74, 6) is 0.405. The molecule has 2 aromatic rings. The quantitative estimate of drug-likeness (QED) is 0.630. The SMILES string of the molecule is CC(C)(C)OC(=O)CCSc1nccn2cnnc12. The molecule has 0 aromatic carbocycles. The van der Waals surface area contributed by atoms with E-state index in [9.17, 15) is 4.79 Å². The summed E-state index contributed by atoms with van der Waals surface area (Å²) in [6, 6.07) is 0. The Hall–Kier alpha value is -1.63. The summed E-state index contributed by atoms with van der Waals surface area (Å²) in [4.78, 5) is 15.8. The molecule has 0 N–H and O–H groups in total. The number of hydrogen-bond donors (Lipinski definition) is 0. The number of esters is 1. The number of rotatable bonds is 4. The molecule has 0 saturated carbocycles. The molecule has 0 aliphatic heterocycles. The van der Waals surface area contributed by atoms with Crippen LogP contribution in [0.3, 0.4) is 0 Å². The Bertz CT molecular complexity index is 576. The molecule has 0 aliphatic carbocycles. The second kappa shape index (κ2) is 5.56. The molecule has 0 bridgehead atoms. The predicted molar refractivity (Wildman–Crippen MR) is 72.0 cm³/mol. The average Bonchev–Trinajstić information content (AvgIpc) is 2.75. The van der Waals surface area contributed by atoms with Gasteiger partial charge in [-0.1, -0.05) is 0 Å². The Morgan fingerprint density at radius 1 is 1.47 bits per heavy atom. The first-order valence-corrected chi connectivity index (χ1v) is 6.93. The van der Waals surface area contributed by atoms with Gasteiger partial charge in [0.05, 0.1) is 6.42 Å². The number of hydrogen-bond acceptors (Lipinski definition) is 6. The third-order valence-electron chi connectivity index (χ3n) is 2.15. The Kier molecular flexibility index (Phi) is 4.04. The van der Waals surface area contributed by atoms with E-state index in [1.165, 1.54) is 11.8 Å². The van der Waals surface area contributed by atoms with Gasteiger partial charge < -0.3 is 4.74 Å². The van der Waals surface area contributed by atoms with Crippen LogP contribution in [-0.2, 0) is 9.53 Å². The summed E-state index contributed by atoms with van der Waals surface area (Å²) in [6.45, 7) is 5.57. The van der Waals surface area contributed by atoms with E-state index in [0.717, 1.165) is 5.03 Å². The second-order valence-electron chi connectivity index (χ2n) is 4.98. The number of aromatic nitrogens is 4. The lowest BCUT2D eigenvalue weighted by atomic mass is 10.2. The molecule has 2 aromatic heterocycles. The maximum Gasteiger partial charge on any atom is 0.307 e. The number of ether oxygens (including phenoxy) is 1. The third-order valence-corrected chi connectivity index (χ3v) is 3.12. The largest absolute Gasteiger partial charge is 0.460 e. The lowest BCUT2D eigenvalue weighted by molar-refractivity contribution is -0.154. The highest BCUT2D eigenvalue weighted by molar-refractivity contribution is 7.99. The summed E-state index contributed by atoms with van der Waals surface area (Å²) < 4.78 is 7.04. The minimum Gasteiger partial charge on any atom is -0.460 e. The van der Waals surface area contributed by atoms with Crippen LogP contribution in [0.2, 0.25) is 0 Å². The zero-order valence-corrected chi connectivity index (χ0v) is 12.0. The fourth-order valence-corrected chi connectivity index (χ4v) is 2.33. The first kappa shape index (κ1) is 13.8. The van der Waals surface area contributed by atoms with Crippen molar-refractivity contribution in [2.24, 2.45) is 0 Å². The summed E-state index contributed by atoms with van der Waals surface area (Å²) in [6.07, 6.45) is 5.44. The number of carbonyl (C=O) groups is 1. The molecule has 19 heavy (non-hydrogen) atoms. The molecule has 6 nitrogen and oxygen atoms in total. The van der Waals surface area contributed by atoms with Crippen LogP contribution < -0.4 is 0 Å². The molecule has 102 valence electrons. The van der Waals surface area contributed by atoms with Crippen LogP contribution >= 0.6 is 11.8 Å². The highest BCUT2D eigenvalue weighted by Crippen LogP contribution is 2.20. The summed E-state index contributed by atoms with van der Waals surface area (Å²) in [5.41, 5.74) is 0.268. The van der Waals surface area contributed by atoms with Gasteiger partial charge in [-0.05, 0) is 20.8 Å². The van der Waals surface area contributed by atoms with E-state index in [2.05, 4.69) is 15.2 Å². The molecular weight excluding hydrogens is 264 g/mol. The van der Waals surface area contributed by atoms with Gasteiger partial charge in [0, 0.05) is 18.1 Å². The van der Waals surface area contributed by atoms with Crippen molar-refractivity contribution < 1.29 is 9.53 Å². The standard InChI is InChI=1S/C12H16N4O2S/c1-12(2,3)18-9(17)4-7-19-11-10-15-14-8-16(10)6-5-13-11/h5-6,8H,4,7H2,1-3H3. The second-order valence-corrected chi connectivity index (χ2v) is 6.06. The third kappa shape index (κ3) is 3.92. The number of carbonyl (C=O) groups excluding carboxylic acids is 1. The van der Waals surface area contributed by atoms with Crippen molar-refractivity contribution in [2.45, 2.75) is 37.8 Å². The van der Waals surface area contributed by atoms with E-state index in [1.807, 2.05) is 20.8 Å². The van der Waals surface area contributed by atoms with Crippen molar-refractivity contribution in [3.05, 3.63) is 18.7 Å². The smallest absolute Gasteiger partial charge is 0.307 e. The molecule has 7 heteroatoms. The van der Waals surface area contributed by atoms with E-state index in [4.69, 9.17) is 4.74 Å². The maximum atomic E-state index is 11.6.